The van der Waals surface area contributed by atoms with Gasteiger partial charge in [0, 0.05) is 6.54 Å². The number of nitrogens with two attached hydrogens (primary N) is 1. The van der Waals surface area contributed by atoms with Crippen molar-refractivity contribution >= 4 is 0 Å². The third-order valence-corrected chi connectivity index (χ3v) is 3.72. The summed E-state index contributed by atoms with van der Waals surface area (Å²) in [4.78, 5) is 2.45. The van der Waals surface area contributed by atoms with E-state index in [0.717, 1.165) is 25.3 Å². The number of likely N-dealkylation sites (N-methyl/N-ethyl adjacent to an activating group) is 1. The van der Waals surface area contributed by atoms with Crippen LogP contribution in [0.5, 0.6) is 0 Å². The lowest BCUT2D eigenvalue weighted by molar-refractivity contribution is 0.251. The Labute approximate surface area is 105 Å². The summed E-state index contributed by atoms with van der Waals surface area (Å²) < 4.78 is 0. The van der Waals surface area contributed by atoms with E-state index in [9.17, 15) is 0 Å². The van der Waals surface area contributed by atoms with Crippen LogP contribution in [0.4, 0.5) is 0 Å². The SMILES string of the molecule is CN1CCCC(c2cccc(CCCN)c2)C1. The highest BCUT2D eigenvalue weighted by molar-refractivity contribution is 5.27. The van der Waals surface area contributed by atoms with Gasteiger partial charge in [-0.1, -0.05) is 24.3 Å². The van der Waals surface area contributed by atoms with E-state index in [1.807, 2.05) is 0 Å². The molecule has 1 heterocycles. The van der Waals surface area contributed by atoms with Gasteiger partial charge in [-0.3, -0.25) is 0 Å². The van der Waals surface area contributed by atoms with E-state index in [1.165, 1.54) is 37.1 Å². The van der Waals surface area contributed by atoms with Gasteiger partial charge in [0.2, 0.25) is 0 Å². The smallest absolute Gasteiger partial charge is 0.00472 e. The van der Waals surface area contributed by atoms with Crippen LogP contribution in [0.3, 0.4) is 0 Å². The Bertz CT molecular complexity index is 349. The van der Waals surface area contributed by atoms with Gasteiger partial charge in [-0.05, 0) is 62.9 Å². The van der Waals surface area contributed by atoms with E-state index in [4.69, 9.17) is 5.73 Å². The number of benzene rings is 1. The summed E-state index contributed by atoms with van der Waals surface area (Å²) in [6.45, 7) is 3.25. The summed E-state index contributed by atoms with van der Waals surface area (Å²) in [6, 6.07) is 9.11. The molecule has 1 saturated heterocycles. The van der Waals surface area contributed by atoms with Crippen molar-refractivity contribution in [2.45, 2.75) is 31.6 Å². The number of rotatable bonds is 4. The molecule has 2 heteroatoms. The van der Waals surface area contributed by atoms with Gasteiger partial charge in [0.1, 0.15) is 0 Å². The highest BCUT2D eigenvalue weighted by atomic mass is 15.1. The van der Waals surface area contributed by atoms with Crippen molar-refractivity contribution in [1.82, 2.24) is 4.90 Å². The minimum Gasteiger partial charge on any atom is -0.330 e. The van der Waals surface area contributed by atoms with Crippen LogP contribution in [0.15, 0.2) is 24.3 Å². The van der Waals surface area contributed by atoms with Crippen molar-refractivity contribution in [2.75, 3.05) is 26.7 Å². The first-order chi connectivity index (χ1) is 8.29. The molecule has 0 saturated carbocycles. The Hall–Kier alpha value is -0.860. The molecule has 1 unspecified atom stereocenters. The minimum atomic E-state index is 0.728. The van der Waals surface area contributed by atoms with Crippen LogP contribution in [0.25, 0.3) is 0 Å². The van der Waals surface area contributed by atoms with Crippen LogP contribution in [-0.2, 0) is 6.42 Å². The lowest BCUT2D eigenvalue weighted by Crippen LogP contribution is -2.30. The van der Waals surface area contributed by atoms with Crippen molar-refractivity contribution < 1.29 is 0 Å². The highest BCUT2D eigenvalue weighted by Crippen LogP contribution is 2.26. The monoisotopic (exact) mass is 232 g/mol. The molecule has 94 valence electrons. The molecule has 1 aromatic rings. The van der Waals surface area contributed by atoms with E-state index in [2.05, 4.69) is 36.2 Å². The first-order valence-corrected chi connectivity index (χ1v) is 6.77. The molecule has 1 fully saturated rings. The average Bonchev–Trinajstić information content (AvgIpc) is 2.37. The largest absolute Gasteiger partial charge is 0.330 e. The molecule has 2 N–H and O–H groups in total. The van der Waals surface area contributed by atoms with Gasteiger partial charge in [0.15, 0.2) is 0 Å². The van der Waals surface area contributed by atoms with E-state index in [1.54, 1.807) is 0 Å². The molecule has 0 radical (unpaired) electrons. The van der Waals surface area contributed by atoms with E-state index in [0.29, 0.717) is 0 Å². The molecule has 2 nitrogen and oxygen atoms in total. The van der Waals surface area contributed by atoms with Gasteiger partial charge in [0.05, 0.1) is 0 Å². The molecule has 0 aliphatic carbocycles. The van der Waals surface area contributed by atoms with Gasteiger partial charge in [0.25, 0.3) is 0 Å². The number of likely N-dealkylation sites (tertiary alicyclic amines) is 1. The maximum Gasteiger partial charge on any atom is 0.00472 e. The van der Waals surface area contributed by atoms with Crippen LogP contribution in [0.2, 0.25) is 0 Å². The summed E-state index contributed by atoms with van der Waals surface area (Å²) >= 11 is 0. The third-order valence-electron chi connectivity index (χ3n) is 3.72. The first-order valence-electron chi connectivity index (χ1n) is 6.77. The molecule has 17 heavy (non-hydrogen) atoms. The summed E-state index contributed by atoms with van der Waals surface area (Å²) in [7, 11) is 2.23. The van der Waals surface area contributed by atoms with Gasteiger partial charge in [-0.2, -0.15) is 0 Å². The molecule has 1 aliphatic heterocycles. The second-order valence-corrected chi connectivity index (χ2v) is 5.24. The summed E-state index contributed by atoms with van der Waals surface area (Å²) in [6.07, 6.45) is 4.87. The standard InChI is InChI=1S/C15H24N2/c1-17-10-4-8-15(12-17)14-7-2-5-13(11-14)6-3-9-16/h2,5,7,11,15H,3-4,6,8-10,12,16H2,1H3. The zero-order chi connectivity index (χ0) is 12.1. The Morgan fingerprint density at radius 1 is 1.41 bits per heavy atom. The molecule has 0 amide bonds. The summed E-state index contributed by atoms with van der Waals surface area (Å²) in [5.74, 6) is 0.728. The second-order valence-electron chi connectivity index (χ2n) is 5.24. The van der Waals surface area contributed by atoms with Crippen LogP contribution >= 0.6 is 0 Å². The molecule has 0 aromatic heterocycles. The van der Waals surface area contributed by atoms with Crippen molar-refractivity contribution in [2.24, 2.45) is 5.73 Å². The van der Waals surface area contributed by atoms with Crippen molar-refractivity contribution in [1.29, 1.82) is 0 Å². The van der Waals surface area contributed by atoms with Crippen molar-refractivity contribution in [3.8, 4) is 0 Å². The average molecular weight is 232 g/mol. The molecule has 1 aliphatic rings. The predicted octanol–water partition coefficient (Wildman–Crippen LogP) is 2.39. The Morgan fingerprint density at radius 3 is 3.06 bits per heavy atom. The van der Waals surface area contributed by atoms with E-state index < -0.39 is 0 Å². The molecule has 1 atom stereocenters. The third kappa shape index (κ3) is 3.55. The molecular formula is C15H24N2. The van der Waals surface area contributed by atoms with Gasteiger partial charge in [-0.25, -0.2) is 0 Å². The number of piperidine rings is 1. The quantitative estimate of drug-likeness (QED) is 0.863. The Kier molecular flexibility index (Phi) is 4.57. The van der Waals surface area contributed by atoms with Gasteiger partial charge < -0.3 is 10.6 Å². The maximum absolute atomic E-state index is 5.57. The fraction of sp³-hybridized carbons (Fsp3) is 0.600. The topological polar surface area (TPSA) is 29.3 Å². The molecular weight excluding hydrogens is 208 g/mol. The zero-order valence-corrected chi connectivity index (χ0v) is 10.9. The Balaban J connectivity index is 2.04. The predicted molar refractivity (Wildman–Crippen MR) is 73.3 cm³/mol. The summed E-state index contributed by atoms with van der Waals surface area (Å²) in [5.41, 5.74) is 8.53. The second kappa shape index (κ2) is 6.18. The van der Waals surface area contributed by atoms with Crippen LogP contribution in [0, 0.1) is 0 Å². The maximum atomic E-state index is 5.57. The molecule has 0 bridgehead atoms. The fourth-order valence-electron chi connectivity index (χ4n) is 2.75. The number of hydrogen-bond donors (Lipinski definition) is 1. The Morgan fingerprint density at radius 2 is 2.29 bits per heavy atom. The number of nitrogens with zero attached hydrogens (tertiary/aromatic N) is 1. The van der Waals surface area contributed by atoms with Gasteiger partial charge >= 0.3 is 0 Å². The fourth-order valence-corrected chi connectivity index (χ4v) is 2.75. The van der Waals surface area contributed by atoms with Crippen LogP contribution < -0.4 is 5.73 Å². The first kappa shape index (κ1) is 12.6. The lowest BCUT2D eigenvalue weighted by Gasteiger charge is -2.30. The van der Waals surface area contributed by atoms with Crippen molar-refractivity contribution in [3.05, 3.63) is 35.4 Å². The van der Waals surface area contributed by atoms with Crippen LogP contribution in [0.1, 0.15) is 36.3 Å². The number of hydrogen-bond acceptors (Lipinski definition) is 2. The van der Waals surface area contributed by atoms with Crippen molar-refractivity contribution in [3.63, 3.8) is 0 Å². The summed E-state index contributed by atoms with van der Waals surface area (Å²) in [5, 5.41) is 0. The van der Waals surface area contributed by atoms with Crippen LogP contribution in [-0.4, -0.2) is 31.6 Å². The minimum absolute atomic E-state index is 0.728. The normalized spacial score (nSPS) is 21.6. The molecule has 2 rings (SSSR count). The molecule has 0 spiro atoms. The lowest BCUT2D eigenvalue weighted by atomic mass is 9.89. The highest BCUT2D eigenvalue weighted by Gasteiger charge is 2.18. The van der Waals surface area contributed by atoms with E-state index in [-0.39, 0.29) is 0 Å². The zero-order valence-electron chi connectivity index (χ0n) is 10.9. The molecule has 1 aromatic carbocycles. The van der Waals surface area contributed by atoms with Gasteiger partial charge in [-0.15, -0.1) is 0 Å². The number of aryl methyl sites for hydroxylation is 1. The van der Waals surface area contributed by atoms with E-state index >= 15 is 0 Å².